The summed E-state index contributed by atoms with van der Waals surface area (Å²) < 4.78 is 5.07. The quantitative estimate of drug-likeness (QED) is 0.421. The van der Waals surface area contributed by atoms with E-state index in [9.17, 15) is 0 Å². The van der Waals surface area contributed by atoms with E-state index in [0.29, 0.717) is 6.61 Å². The average Bonchev–Trinajstić information content (AvgIpc) is 1.84. The topological polar surface area (TPSA) is 9.23 Å². The second-order valence-electron chi connectivity index (χ2n) is 3.13. The van der Waals surface area contributed by atoms with Gasteiger partial charge in [0, 0.05) is 5.41 Å². The molecule has 0 aliphatic carbocycles. The third kappa shape index (κ3) is 4.19. The van der Waals surface area contributed by atoms with E-state index in [1.54, 1.807) is 0 Å². The monoisotopic (exact) mass is 140 g/mol. The maximum atomic E-state index is 5.07. The summed E-state index contributed by atoms with van der Waals surface area (Å²) in [4.78, 5) is 0. The maximum Gasteiger partial charge on any atom is 0.0926 e. The van der Waals surface area contributed by atoms with Gasteiger partial charge in [0.25, 0.3) is 0 Å². The van der Waals surface area contributed by atoms with Crippen LogP contribution < -0.4 is 0 Å². The van der Waals surface area contributed by atoms with E-state index < -0.39 is 0 Å². The first-order valence-electron chi connectivity index (χ1n) is 3.46. The molecule has 58 valence electrons. The molecule has 0 amide bonds. The summed E-state index contributed by atoms with van der Waals surface area (Å²) in [6.07, 6.45) is 4.36. The van der Waals surface area contributed by atoms with Crippen LogP contribution in [0.2, 0.25) is 0 Å². The van der Waals surface area contributed by atoms with Crippen molar-refractivity contribution in [3.8, 4) is 0 Å². The van der Waals surface area contributed by atoms with Crippen LogP contribution in [-0.4, -0.2) is 6.61 Å². The molecule has 0 aromatic rings. The molecule has 0 aromatic heterocycles. The molecule has 0 spiro atoms. The van der Waals surface area contributed by atoms with Crippen molar-refractivity contribution >= 4 is 0 Å². The summed E-state index contributed by atoms with van der Waals surface area (Å²) in [6.45, 7) is 12.1. The highest BCUT2D eigenvalue weighted by atomic mass is 16.5. The Hall–Kier alpha value is -0.720. The van der Waals surface area contributed by atoms with E-state index in [-0.39, 0.29) is 5.41 Å². The Bertz CT molecular complexity index is 114. The predicted molar refractivity (Wildman–Crippen MR) is 44.7 cm³/mol. The Morgan fingerprint density at radius 1 is 1.40 bits per heavy atom. The van der Waals surface area contributed by atoms with Crippen molar-refractivity contribution < 1.29 is 4.74 Å². The van der Waals surface area contributed by atoms with Crippen LogP contribution in [0, 0.1) is 5.41 Å². The van der Waals surface area contributed by atoms with Crippen LogP contribution in [-0.2, 0) is 4.74 Å². The second-order valence-corrected chi connectivity index (χ2v) is 3.13. The molecule has 0 unspecified atom stereocenters. The predicted octanol–water partition coefficient (Wildman–Crippen LogP) is 2.75. The largest absolute Gasteiger partial charge is 0.501 e. The molecule has 0 fully saturated rings. The van der Waals surface area contributed by atoms with E-state index in [4.69, 9.17) is 4.74 Å². The van der Waals surface area contributed by atoms with Crippen molar-refractivity contribution in [2.45, 2.75) is 20.3 Å². The normalized spacial score (nSPS) is 10.6. The molecule has 0 aromatic carbocycles. The van der Waals surface area contributed by atoms with Crippen LogP contribution in [0.1, 0.15) is 20.3 Å². The van der Waals surface area contributed by atoms with Gasteiger partial charge in [-0.05, 0) is 6.42 Å². The molecule has 0 saturated carbocycles. The zero-order valence-electron chi connectivity index (χ0n) is 6.89. The van der Waals surface area contributed by atoms with Crippen molar-refractivity contribution in [1.82, 2.24) is 0 Å². The zero-order valence-corrected chi connectivity index (χ0v) is 6.89. The van der Waals surface area contributed by atoms with E-state index in [1.165, 1.54) is 6.26 Å². The molecule has 0 rings (SSSR count). The maximum absolute atomic E-state index is 5.07. The smallest absolute Gasteiger partial charge is 0.0926 e. The summed E-state index contributed by atoms with van der Waals surface area (Å²) in [5.41, 5.74) is 0.190. The summed E-state index contributed by atoms with van der Waals surface area (Å²) in [5, 5.41) is 0. The number of rotatable bonds is 5. The van der Waals surface area contributed by atoms with Crippen molar-refractivity contribution in [2.75, 3.05) is 6.61 Å². The fraction of sp³-hybridized carbons (Fsp3) is 0.556. The van der Waals surface area contributed by atoms with Crippen molar-refractivity contribution in [3.05, 3.63) is 25.5 Å². The Labute approximate surface area is 63.4 Å². The molecule has 0 aliphatic rings. The lowest BCUT2D eigenvalue weighted by Gasteiger charge is -2.21. The summed E-state index contributed by atoms with van der Waals surface area (Å²) in [5.74, 6) is 0. The summed E-state index contributed by atoms with van der Waals surface area (Å²) >= 11 is 0. The molecule has 0 aliphatic heterocycles. The Morgan fingerprint density at radius 2 is 2.00 bits per heavy atom. The third-order valence-electron chi connectivity index (χ3n) is 1.29. The molecular weight excluding hydrogens is 124 g/mol. The first-order valence-corrected chi connectivity index (χ1v) is 3.46. The van der Waals surface area contributed by atoms with Gasteiger partial charge < -0.3 is 4.74 Å². The molecule has 0 heterocycles. The summed E-state index contributed by atoms with van der Waals surface area (Å²) in [6, 6.07) is 0. The molecule has 1 nitrogen and oxygen atoms in total. The molecule has 0 bridgehead atoms. The van der Waals surface area contributed by atoms with Gasteiger partial charge in [-0.25, -0.2) is 0 Å². The lowest BCUT2D eigenvalue weighted by molar-refractivity contribution is 0.140. The number of allylic oxidation sites excluding steroid dienone is 1. The summed E-state index contributed by atoms with van der Waals surface area (Å²) in [7, 11) is 0. The molecular formula is C9H16O. The SMILES string of the molecule is C=CCC(C)(C)COC=C. The highest BCUT2D eigenvalue weighted by Gasteiger charge is 2.15. The van der Waals surface area contributed by atoms with Crippen molar-refractivity contribution in [2.24, 2.45) is 5.41 Å². The van der Waals surface area contributed by atoms with Gasteiger partial charge in [-0.15, -0.1) is 6.58 Å². The van der Waals surface area contributed by atoms with Gasteiger partial charge in [0.15, 0.2) is 0 Å². The number of ether oxygens (including phenoxy) is 1. The van der Waals surface area contributed by atoms with Crippen molar-refractivity contribution in [1.29, 1.82) is 0 Å². The fourth-order valence-electron chi connectivity index (χ4n) is 0.734. The Balaban J connectivity index is 3.61. The van der Waals surface area contributed by atoms with Crippen LogP contribution >= 0.6 is 0 Å². The average molecular weight is 140 g/mol. The van der Waals surface area contributed by atoms with E-state index >= 15 is 0 Å². The van der Waals surface area contributed by atoms with Gasteiger partial charge in [0.2, 0.25) is 0 Å². The second kappa shape index (κ2) is 4.15. The van der Waals surface area contributed by atoms with Gasteiger partial charge >= 0.3 is 0 Å². The highest BCUT2D eigenvalue weighted by Crippen LogP contribution is 2.20. The minimum atomic E-state index is 0.190. The third-order valence-corrected chi connectivity index (χ3v) is 1.29. The number of hydrogen-bond acceptors (Lipinski definition) is 1. The molecule has 1 heteroatoms. The van der Waals surface area contributed by atoms with Gasteiger partial charge in [0.05, 0.1) is 12.9 Å². The molecule has 0 saturated heterocycles. The van der Waals surface area contributed by atoms with Gasteiger partial charge in [-0.1, -0.05) is 26.5 Å². The fourth-order valence-corrected chi connectivity index (χ4v) is 0.734. The first-order chi connectivity index (χ1) is 4.62. The highest BCUT2D eigenvalue weighted by molar-refractivity contribution is 4.79. The van der Waals surface area contributed by atoms with E-state index in [2.05, 4.69) is 27.0 Å². The lowest BCUT2D eigenvalue weighted by Crippen LogP contribution is -2.16. The van der Waals surface area contributed by atoms with Gasteiger partial charge in [-0.3, -0.25) is 0 Å². The Morgan fingerprint density at radius 3 is 2.40 bits per heavy atom. The van der Waals surface area contributed by atoms with Crippen LogP contribution in [0.4, 0.5) is 0 Å². The molecule has 0 atom stereocenters. The van der Waals surface area contributed by atoms with Gasteiger partial charge in [0.1, 0.15) is 0 Å². The molecule has 0 radical (unpaired) electrons. The van der Waals surface area contributed by atoms with Crippen LogP contribution in [0.3, 0.4) is 0 Å². The van der Waals surface area contributed by atoms with Crippen molar-refractivity contribution in [3.63, 3.8) is 0 Å². The molecule has 10 heavy (non-hydrogen) atoms. The van der Waals surface area contributed by atoms with Crippen LogP contribution in [0.5, 0.6) is 0 Å². The Kier molecular flexibility index (Phi) is 3.85. The van der Waals surface area contributed by atoms with Crippen LogP contribution in [0.15, 0.2) is 25.5 Å². The van der Waals surface area contributed by atoms with Gasteiger partial charge in [-0.2, -0.15) is 0 Å². The van der Waals surface area contributed by atoms with Crippen LogP contribution in [0.25, 0.3) is 0 Å². The molecule has 0 N–H and O–H groups in total. The van der Waals surface area contributed by atoms with E-state index in [1.807, 2.05) is 6.08 Å². The first kappa shape index (κ1) is 9.28. The number of hydrogen-bond donors (Lipinski definition) is 0. The standard InChI is InChI=1S/C9H16O/c1-5-7-9(3,4)8-10-6-2/h5-6H,1-2,7-8H2,3-4H3. The zero-order chi connectivity index (χ0) is 8.04. The minimum Gasteiger partial charge on any atom is -0.501 e. The van der Waals surface area contributed by atoms with E-state index in [0.717, 1.165) is 6.42 Å². The minimum absolute atomic E-state index is 0.190. The lowest BCUT2D eigenvalue weighted by atomic mass is 9.91.